The first-order valence-corrected chi connectivity index (χ1v) is 9.29. The predicted octanol–water partition coefficient (Wildman–Crippen LogP) is 7.47. The summed E-state index contributed by atoms with van der Waals surface area (Å²) in [5, 5.41) is 2.14. The van der Waals surface area contributed by atoms with Gasteiger partial charge < -0.3 is 4.57 Å². The number of hydrogen-bond donors (Lipinski definition) is 0. The third-order valence-electron chi connectivity index (χ3n) is 5.23. The molecular formula is C25H16F3N. The van der Waals surface area contributed by atoms with E-state index in [-0.39, 0.29) is 0 Å². The van der Waals surface area contributed by atoms with Gasteiger partial charge in [0, 0.05) is 16.3 Å². The molecule has 0 bridgehead atoms. The van der Waals surface area contributed by atoms with E-state index in [1.807, 2.05) is 83.4 Å². The van der Waals surface area contributed by atoms with Gasteiger partial charge in [0.05, 0.1) is 22.3 Å². The minimum Gasteiger partial charge on any atom is -0.309 e. The summed E-state index contributed by atoms with van der Waals surface area (Å²) in [5.74, 6) is 0. The van der Waals surface area contributed by atoms with Gasteiger partial charge in [-0.15, -0.1) is 0 Å². The maximum absolute atomic E-state index is 13.5. The van der Waals surface area contributed by atoms with E-state index in [0.717, 1.165) is 39.1 Å². The van der Waals surface area contributed by atoms with Crippen LogP contribution in [0.15, 0.2) is 97.1 Å². The summed E-state index contributed by atoms with van der Waals surface area (Å²) in [6.45, 7) is 0. The van der Waals surface area contributed by atoms with Crippen molar-refractivity contribution in [1.82, 2.24) is 4.57 Å². The van der Waals surface area contributed by atoms with Crippen LogP contribution in [0.5, 0.6) is 0 Å². The lowest BCUT2D eigenvalue weighted by Crippen LogP contribution is -2.06. The van der Waals surface area contributed by atoms with Crippen LogP contribution in [0.2, 0.25) is 0 Å². The van der Waals surface area contributed by atoms with Gasteiger partial charge in [-0.1, -0.05) is 66.7 Å². The van der Waals surface area contributed by atoms with E-state index in [4.69, 9.17) is 0 Å². The Hall–Kier alpha value is -3.53. The van der Waals surface area contributed by atoms with E-state index in [0.29, 0.717) is 5.56 Å². The lowest BCUT2D eigenvalue weighted by molar-refractivity contribution is -0.137. The minimum atomic E-state index is -4.40. The Morgan fingerprint density at radius 3 is 1.72 bits per heavy atom. The van der Waals surface area contributed by atoms with Crippen molar-refractivity contribution < 1.29 is 13.2 Å². The first-order chi connectivity index (χ1) is 14.0. The van der Waals surface area contributed by atoms with Crippen molar-refractivity contribution in [2.45, 2.75) is 6.18 Å². The maximum atomic E-state index is 13.5. The number of rotatable bonds is 2. The topological polar surface area (TPSA) is 4.93 Å². The molecule has 0 aliphatic rings. The summed E-state index contributed by atoms with van der Waals surface area (Å²) in [7, 11) is 0. The molecule has 0 aliphatic heterocycles. The van der Waals surface area contributed by atoms with E-state index in [1.54, 1.807) is 6.07 Å². The number of benzene rings is 4. The smallest absolute Gasteiger partial charge is 0.309 e. The Morgan fingerprint density at radius 2 is 1.14 bits per heavy atom. The fourth-order valence-electron chi connectivity index (χ4n) is 3.94. The van der Waals surface area contributed by atoms with Crippen LogP contribution in [0.1, 0.15) is 5.56 Å². The van der Waals surface area contributed by atoms with Gasteiger partial charge in [-0.05, 0) is 35.9 Å². The van der Waals surface area contributed by atoms with Gasteiger partial charge in [0.1, 0.15) is 0 Å². The Kier molecular flexibility index (Phi) is 3.95. The van der Waals surface area contributed by atoms with Crippen LogP contribution in [0.3, 0.4) is 0 Å². The molecule has 0 N–H and O–H groups in total. The molecule has 5 aromatic rings. The third-order valence-corrected chi connectivity index (χ3v) is 5.23. The molecule has 0 fully saturated rings. The van der Waals surface area contributed by atoms with Crippen LogP contribution < -0.4 is 0 Å². The average Bonchev–Trinajstić information content (AvgIpc) is 3.08. The van der Waals surface area contributed by atoms with Crippen LogP contribution in [-0.2, 0) is 6.18 Å². The largest absolute Gasteiger partial charge is 0.416 e. The van der Waals surface area contributed by atoms with E-state index >= 15 is 0 Å². The second-order valence-corrected chi connectivity index (χ2v) is 6.97. The Morgan fingerprint density at radius 1 is 0.586 bits per heavy atom. The number of alkyl halides is 3. The average molecular weight is 387 g/mol. The number of fused-ring (bicyclic) bond motifs is 3. The number of halogens is 3. The summed E-state index contributed by atoms with van der Waals surface area (Å²) in [4.78, 5) is 0. The van der Waals surface area contributed by atoms with Crippen molar-refractivity contribution in [2.24, 2.45) is 0 Å². The van der Waals surface area contributed by atoms with Crippen LogP contribution in [0.4, 0.5) is 13.2 Å². The van der Waals surface area contributed by atoms with Crippen molar-refractivity contribution in [3.05, 3.63) is 103 Å². The van der Waals surface area contributed by atoms with Gasteiger partial charge in [0.15, 0.2) is 0 Å². The number of aromatic nitrogens is 1. The molecule has 0 spiro atoms. The fraction of sp³-hybridized carbons (Fsp3) is 0.0400. The zero-order valence-corrected chi connectivity index (χ0v) is 15.3. The van der Waals surface area contributed by atoms with Gasteiger partial charge in [-0.25, -0.2) is 0 Å². The van der Waals surface area contributed by atoms with Crippen molar-refractivity contribution >= 4 is 21.8 Å². The van der Waals surface area contributed by atoms with Crippen LogP contribution in [0.25, 0.3) is 38.6 Å². The molecular weight excluding hydrogens is 371 g/mol. The van der Waals surface area contributed by atoms with Crippen LogP contribution >= 0.6 is 0 Å². The summed E-state index contributed by atoms with van der Waals surface area (Å²) in [6.07, 6.45) is -4.40. The monoisotopic (exact) mass is 387 g/mol. The van der Waals surface area contributed by atoms with Gasteiger partial charge in [0.25, 0.3) is 0 Å². The third kappa shape index (κ3) is 2.88. The first-order valence-electron chi connectivity index (χ1n) is 9.29. The van der Waals surface area contributed by atoms with Gasteiger partial charge in [-0.3, -0.25) is 0 Å². The molecule has 1 aromatic heterocycles. The number of para-hydroxylation sites is 2. The number of nitrogens with zero attached hydrogens (tertiary/aromatic N) is 1. The van der Waals surface area contributed by atoms with Crippen LogP contribution in [-0.4, -0.2) is 4.57 Å². The van der Waals surface area contributed by atoms with Crippen molar-refractivity contribution in [2.75, 3.05) is 0 Å². The molecule has 1 nitrogen and oxygen atoms in total. The zero-order valence-electron chi connectivity index (χ0n) is 15.3. The SMILES string of the molecule is FC(F)(F)c1ccc(-n2c3ccccc3c3ccccc32)c(-c2ccccc2)c1. The highest BCUT2D eigenvalue weighted by molar-refractivity contribution is 6.09. The van der Waals surface area contributed by atoms with E-state index in [1.165, 1.54) is 6.07 Å². The van der Waals surface area contributed by atoms with E-state index < -0.39 is 11.7 Å². The molecule has 0 amide bonds. The Balaban J connectivity index is 1.90. The lowest BCUT2D eigenvalue weighted by atomic mass is 10.00. The molecule has 29 heavy (non-hydrogen) atoms. The Labute approximate surface area is 165 Å². The summed E-state index contributed by atoms with van der Waals surface area (Å²) >= 11 is 0. The quantitative estimate of drug-likeness (QED) is 0.296. The van der Waals surface area contributed by atoms with Gasteiger partial charge in [0.2, 0.25) is 0 Å². The standard InChI is InChI=1S/C25H16F3N/c26-25(27,28)18-14-15-24(21(16-18)17-8-2-1-3-9-17)29-22-12-6-4-10-19(22)20-11-5-7-13-23(20)29/h1-16H. The summed E-state index contributed by atoms with van der Waals surface area (Å²) < 4.78 is 42.4. The lowest BCUT2D eigenvalue weighted by Gasteiger charge is -2.16. The van der Waals surface area contributed by atoms with E-state index in [9.17, 15) is 13.2 Å². The fourth-order valence-corrected chi connectivity index (χ4v) is 3.94. The molecule has 0 aliphatic carbocycles. The highest BCUT2D eigenvalue weighted by Crippen LogP contribution is 2.39. The summed E-state index contributed by atoms with van der Waals surface area (Å²) in [6, 6.07) is 29.1. The van der Waals surface area contributed by atoms with Gasteiger partial charge in [-0.2, -0.15) is 13.2 Å². The zero-order chi connectivity index (χ0) is 20.0. The second-order valence-electron chi connectivity index (χ2n) is 6.97. The highest BCUT2D eigenvalue weighted by Gasteiger charge is 2.31. The molecule has 0 atom stereocenters. The second kappa shape index (κ2) is 6.52. The first kappa shape index (κ1) is 17.6. The molecule has 142 valence electrons. The van der Waals surface area contributed by atoms with Crippen molar-refractivity contribution in [3.63, 3.8) is 0 Å². The molecule has 0 unspecified atom stereocenters. The maximum Gasteiger partial charge on any atom is 0.416 e. The van der Waals surface area contributed by atoms with E-state index in [2.05, 4.69) is 0 Å². The van der Waals surface area contributed by atoms with Crippen molar-refractivity contribution in [1.29, 1.82) is 0 Å². The normalized spacial score (nSPS) is 12.0. The van der Waals surface area contributed by atoms with Crippen LogP contribution in [0, 0.1) is 0 Å². The molecule has 4 aromatic carbocycles. The molecule has 1 heterocycles. The molecule has 5 rings (SSSR count). The molecule has 0 saturated heterocycles. The molecule has 4 heteroatoms. The summed E-state index contributed by atoms with van der Waals surface area (Å²) in [5.41, 5.74) is 3.29. The molecule has 0 saturated carbocycles. The molecule has 0 radical (unpaired) electrons. The minimum absolute atomic E-state index is 0.548. The highest BCUT2D eigenvalue weighted by atomic mass is 19.4. The van der Waals surface area contributed by atoms with Gasteiger partial charge >= 0.3 is 6.18 Å². The predicted molar refractivity (Wildman–Crippen MR) is 111 cm³/mol. The Bertz CT molecular complexity index is 1280. The number of hydrogen-bond acceptors (Lipinski definition) is 0. The van der Waals surface area contributed by atoms with Crippen molar-refractivity contribution in [3.8, 4) is 16.8 Å².